The van der Waals surface area contributed by atoms with Crippen LogP contribution in [0.3, 0.4) is 0 Å². The van der Waals surface area contributed by atoms with Crippen LogP contribution >= 0.6 is 11.6 Å². The fourth-order valence-corrected chi connectivity index (χ4v) is 1.28. The molecule has 0 heterocycles. The molecule has 0 fully saturated rings. The van der Waals surface area contributed by atoms with Gasteiger partial charge in [-0.05, 0) is 24.1 Å². The molecule has 0 saturated heterocycles. The van der Waals surface area contributed by atoms with Crippen LogP contribution in [0.15, 0.2) is 12.1 Å². The van der Waals surface area contributed by atoms with Gasteiger partial charge in [-0.3, -0.25) is 0 Å². The van der Waals surface area contributed by atoms with Crippen LogP contribution in [0.2, 0.25) is 0 Å². The Bertz CT molecular complexity index is 279. The van der Waals surface area contributed by atoms with E-state index in [0.29, 0.717) is 17.9 Å². The molecule has 0 saturated carbocycles. The molecule has 0 radical (unpaired) electrons. The number of hydrogen-bond donors (Lipinski definition) is 0. The van der Waals surface area contributed by atoms with Crippen LogP contribution in [0.25, 0.3) is 0 Å². The second-order valence-corrected chi connectivity index (χ2v) is 2.91. The Morgan fingerprint density at radius 3 is 2.23 bits per heavy atom. The SMILES string of the molecule is COc1c(F)cc(CCCl)cc1F. The van der Waals surface area contributed by atoms with Crippen LogP contribution < -0.4 is 4.74 Å². The van der Waals surface area contributed by atoms with E-state index in [-0.39, 0.29) is 5.75 Å². The van der Waals surface area contributed by atoms with Crippen molar-refractivity contribution in [1.29, 1.82) is 0 Å². The summed E-state index contributed by atoms with van der Waals surface area (Å²) in [4.78, 5) is 0. The molecule has 0 spiro atoms. The van der Waals surface area contributed by atoms with Crippen molar-refractivity contribution in [2.24, 2.45) is 0 Å². The van der Waals surface area contributed by atoms with E-state index in [4.69, 9.17) is 11.6 Å². The van der Waals surface area contributed by atoms with Crippen molar-refractivity contribution in [2.75, 3.05) is 13.0 Å². The summed E-state index contributed by atoms with van der Waals surface area (Å²) in [7, 11) is 1.22. The number of alkyl halides is 1. The topological polar surface area (TPSA) is 9.23 Å². The third-order valence-corrected chi connectivity index (χ3v) is 1.83. The minimum atomic E-state index is -0.692. The van der Waals surface area contributed by atoms with Gasteiger partial charge in [0.25, 0.3) is 0 Å². The standard InChI is InChI=1S/C9H9ClF2O/c1-13-9-7(11)4-6(2-3-10)5-8(9)12/h4-5H,2-3H2,1H3. The van der Waals surface area contributed by atoms with Gasteiger partial charge in [0, 0.05) is 5.88 Å². The highest BCUT2D eigenvalue weighted by atomic mass is 35.5. The average molecular weight is 207 g/mol. The van der Waals surface area contributed by atoms with Gasteiger partial charge in [-0.15, -0.1) is 11.6 Å². The first-order valence-corrected chi connectivity index (χ1v) is 4.30. The second-order valence-electron chi connectivity index (χ2n) is 2.53. The molecule has 0 aliphatic rings. The number of rotatable bonds is 3. The Morgan fingerprint density at radius 2 is 1.85 bits per heavy atom. The molecule has 0 bridgehead atoms. The molecule has 1 rings (SSSR count). The number of aryl methyl sites for hydroxylation is 1. The smallest absolute Gasteiger partial charge is 0.190 e. The first-order chi connectivity index (χ1) is 6.19. The Balaban J connectivity index is 3.05. The van der Waals surface area contributed by atoms with E-state index >= 15 is 0 Å². The predicted molar refractivity (Wildman–Crippen MR) is 47.3 cm³/mol. The zero-order chi connectivity index (χ0) is 9.84. The number of ether oxygens (including phenoxy) is 1. The minimum Gasteiger partial charge on any atom is -0.491 e. The minimum absolute atomic E-state index is 0.339. The van der Waals surface area contributed by atoms with Crippen molar-refractivity contribution >= 4 is 11.6 Å². The van der Waals surface area contributed by atoms with Crippen LogP contribution in [0, 0.1) is 11.6 Å². The van der Waals surface area contributed by atoms with Gasteiger partial charge >= 0.3 is 0 Å². The molecule has 0 aliphatic heterocycles. The van der Waals surface area contributed by atoms with Crippen molar-refractivity contribution in [1.82, 2.24) is 0 Å². The molecule has 0 unspecified atom stereocenters. The predicted octanol–water partition coefficient (Wildman–Crippen LogP) is 2.75. The highest BCUT2D eigenvalue weighted by Crippen LogP contribution is 2.22. The molecule has 1 nitrogen and oxygen atoms in total. The maximum Gasteiger partial charge on any atom is 0.190 e. The van der Waals surface area contributed by atoms with Crippen molar-refractivity contribution in [3.63, 3.8) is 0 Å². The number of hydrogen-bond acceptors (Lipinski definition) is 1. The first kappa shape index (κ1) is 10.3. The Kier molecular flexibility index (Phi) is 3.48. The molecule has 0 N–H and O–H groups in total. The van der Waals surface area contributed by atoms with E-state index in [0.717, 1.165) is 0 Å². The van der Waals surface area contributed by atoms with Gasteiger partial charge in [-0.2, -0.15) is 0 Å². The van der Waals surface area contributed by atoms with Gasteiger partial charge in [0.15, 0.2) is 17.4 Å². The van der Waals surface area contributed by atoms with Crippen LogP contribution in [0.5, 0.6) is 5.75 Å². The van der Waals surface area contributed by atoms with Gasteiger partial charge in [0.2, 0.25) is 0 Å². The number of methoxy groups -OCH3 is 1. The van der Waals surface area contributed by atoms with Gasteiger partial charge in [-0.25, -0.2) is 8.78 Å². The summed E-state index contributed by atoms with van der Waals surface area (Å²) in [5.41, 5.74) is 0.533. The average Bonchev–Trinajstić information content (AvgIpc) is 2.04. The molecule has 0 aromatic heterocycles. The molecule has 0 amide bonds. The van der Waals surface area contributed by atoms with E-state index < -0.39 is 11.6 Å². The Hall–Kier alpha value is -0.830. The summed E-state index contributed by atoms with van der Waals surface area (Å²) < 4.78 is 30.6. The Morgan fingerprint density at radius 1 is 1.31 bits per heavy atom. The normalized spacial score (nSPS) is 10.2. The van der Waals surface area contributed by atoms with Crippen LogP contribution in [-0.4, -0.2) is 13.0 Å². The molecular weight excluding hydrogens is 198 g/mol. The molecule has 13 heavy (non-hydrogen) atoms. The second kappa shape index (κ2) is 4.42. The van der Waals surface area contributed by atoms with Gasteiger partial charge in [-0.1, -0.05) is 0 Å². The molecule has 4 heteroatoms. The molecule has 1 aromatic rings. The van der Waals surface area contributed by atoms with Crippen molar-refractivity contribution in [3.05, 3.63) is 29.3 Å². The lowest BCUT2D eigenvalue weighted by Crippen LogP contribution is -1.96. The first-order valence-electron chi connectivity index (χ1n) is 3.77. The molecule has 0 aliphatic carbocycles. The van der Waals surface area contributed by atoms with E-state index in [1.165, 1.54) is 19.2 Å². The fourth-order valence-electron chi connectivity index (χ4n) is 1.06. The molecule has 0 atom stereocenters. The quantitative estimate of drug-likeness (QED) is 0.691. The van der Waals surface area contributed by atoms with Gasteiger partial charge in [0.05, 0.1) is 7.11 Å². The lowest BCUT2D eigenvalue weighted by Gasteiger charge is -2.05. The zero-order valence-electron chi connectivity index (χ0n) is 7.11. The summed E-state index contributed by atoms with van der Waals surface area (Å²) >= 11 is 5.44. The summed E-state index contributed by atoms with van der Waals surface area (Å²) in [6, 6.07) is 2.45. The molecular formula is C9H9ClF2O. The fraction of sp³-hybridized carbons (Fsp3) is 0.333. The third-order valence-electron chi connectivity index (χ3n) is 1.65. The summed E-state index contributed by atoms with van der Waals surface area (Å²) in [5.74, 6) is -1.39. The number of benzene rings is 1. The van der Waals surface area contributed by atoms with Gasteiger partial charge in [0.1, 0.15) is 0 Å². The van der Waals surface area contributed by atoms with E-state index in [2.05, 4.69) is 4.74 Å². The van der Waals surface area contributed by atoms with Gasteiger partial charge < -0.3 is 4.74 Å². The third kappa shape index (κ3) is 2.31. The van der Waals surface area contributed by atoms with E-state index in [1.807, 2.05) is 0 Å². The number of halogens is 3. The van der Waals surface area contributed by atoms with Crippen molar-refractivity contribution in [3.8, 4) is 5.75 Å². The van der Waals surface area contributed by atoms with Crippen molar-refractivity contribution in [2.45, 2.75) is 6.42 Å². The lowest BCUT2D eigenvalue weighted by atomic mass is 10.1. The highest BCUT2D eigenvalue weighted by molar-refractivity contribution is 6.17. The summed E-state index contributed by atoms with van der Waals surface area (Å²) in [6.07, 6.45) is 0.444. The Labute approximate surface area is 80.3 Å². The van der Waals surface area contributed by atoms with Crippen molar-refractivity contribution < 1.29 is 13.5 Å². The van der Waals surface area contributed by atoms with E-state index in [1.54, 1.807) is 0 Å². The van der Waals surface area contributed by atoms with Crippen LogP contribution in [0.4, 0.5) is 8.78 Å². The monoisotopic (exact) mass is 206 g/mol. The maximum atomic E-state index is 13.0. The summed E-state index contributed by atoms with van der Waals surface area (Å²) in [6.45, 7) is 0. The lowest BCUT2D eigenvalue weighted by molar-refractivity contribution is 0.359. The van der Waals surface area contributed by atoms with E-state index in [9.17, 15) is 8.78 Å². The highest BCUT2D eigenvalue weighted by Gasteiger charge is 2.10. The largest absolute Gasteiger partial charge is 0.491 e. The molecule has 72 valence electrons. The summed E-state index contributed by atoms with van der Waals surface area (Å²) in [5, 5.41) is 0. The van der Waals surface area contributed by atoms with Crippen LogP contribution in [-0.2, 0) is 6.42 Å². The van der Waals surface area contributed by atoms with Crippen LogP contribution in [0.1, 0.15) is 5.56 Å². The zero-order valence-corrected chi connectivity index (χ0v) is 7.87. The molecule has 1 aromatic carbocycles. The maximum absolute atomic E-state index is 13.0.